The van der Waals surface area contributed by atoms with Gasteiger partial charge < -0.3 is 38.8 Å². The molecule has 5 rings (SSSR count). The van der Waals surface area contributed by atoms with Crippen LogP contribution in [0, 0.1) is 0 Å². The molecule has 0 aromatic heterocycles. The highest BCUT2D eigenvalue weighted by Crippen LogP contribution is 2.35. The van der Waals surface area contributed by atoms with Gasteiger partial charge in [0.05, 0.1) is 38.2 Å². The number of anilines is 1. The third-order valence-corrected chi connectivity index (χ3v) is 8.51. The number of ether oxygens (including phenoxy) is 5. The number of likely N-dealkylation sites (tertiary alicyclic amines) is 1. The topological polar surface area (TPSA) is 81.7 Å². The lowest BCUT2D eigenvalue weighted by Gasteiger charge is -2.39. The molecule has 0 aliphatic carbocycles. The van der Waals surface area contributed by atoms with E-state index in [1.807, 2.05) is 23.1 Å². The summed E-state index contributed by atoms with van der Waals surface area (Å²) >= 11 is 0. The Balaban J connectivity index is 1.29. The first-order valence-electron chi connectivity index (χ1n) is 14.9. The molecule has 1 amide bonds. The van der Waals surface area contributed by atoms with Gasteiger partial charge in [-0.25, -0.2) is 0 Å². The maximum atomic E-state index is 13.0. The minimum atomic E-state index is -0.197. The summed E-state index contributed by atoms with van der Waals surface area (Å²) in [5, 5.41) is 3.49. The number of hydrogen-bond donors (Lipinski definition) is 1. The van der Waals surface area contributed by atoms with E-state index in [4.69, 9.17) is 23.7 Å². The van der Waals surface area contributed by atoms with Crippen molar-refractivity contribution in [3.05, 3.63) is 53.6 Å². The average molecular weight is 568 g/mol. The number of benzene rings is 2. The zero-order valence-electron chi connectivity index (χ0n) is 24.7. The molecule has 2 aromatic rings. The molecule has 1 N–H and O–H groups in total. The van der Waals surface area contributed by atoms with Crippen LogP contribution in [0.3, 0.4) is 0 Å². The zero-order valence-corrected chi connectivity index (χ0v) is 24.7. The molecule has 2 fully saturated rings. The van der Waals surface area contributed by atoms with Gasteiger partial charge in [-0.1, -0.05) is 18.2 Å². The highest BCUT2D eigenvalue weighted by Gasteiger charge is 2.37. The number of rotatable bonds is 12. The smallest absolute Gasteiger partial charge is 0.248 e. The number of fused-ring (bicyclic) bond motifs is 1. The van der Waals surface area contributed by atoms with Gasteiger partial charge in [-0.15, -0.1) is 0 Å². The zero-order chi connectivity index (χ0) is 28.6. The van der Waals surface area contributed by atoms with Gasteiger partial charge in [0.25, 0.3) is 0 Å². The summed E-state index contributed by atoms with van der Waals surface area (Å²) in [5.74, 6) is 1.76. The van der Waals surface area contributed by atoms with Crippen LogP contribution < -0.4 is 19.7 Å². The van der Waals surface area contributed by atoms with Crippen molar-refractivity contribution in [1.82, 2.24) is 10.2 Å². The second kappa shape index (κ2) is 14.4. The molecule has 224 valence electrons. The van der Waals surface area contributed by atoms with Crippen LogP contribution in [0.5, 0.6) is 11.5 Å². The average Bonchev–Trinajstić information content (AvgIpc) is 3.45. The van der Waals surface area contributed by atoms with Gasteiger partial charge in [0.1, 0.15) is 24.7 Å². The van der Waals surface area contributed by atoms with E-state index >= 15 is 0 Å². The maximum Gasteiger partial charge on any atom is 0.248 e. The summed E-state index contributed by atoms with van der Waals surface area (Å²) in [6.07, 6.45) is 2.75. The number of nitrogens with one attached hydrogen (secondary N) is 1. The maximum absolute atomic E-state index is 13.0. The monoisotopic (exact) mass is 567 g/mol. The number of piperidine rings is 1. The first kappa shape index (κ1) is 29.6. The van der Waals surface area contributed by atoms with E-state index in [1.165, 1.54) is 0 Å². The Bertz CT molecular complexity index is 1130. The fraction of sp³-hybridized carbons (Fsp3) is 0.594. The SMILES string of the molecule is COCCCN1CCOc2ccc(CO[C@H]3CNCC(OCC(=O)N4CCC[C@H]4C)C3c3ccc(OC)cc3)cc21. The van der Waals surface area contributed by atoms with Gasteiger partial charge in [-0.2, -0.15) is 0 Å². The van der Waals surface area contributed by atoms with E-state index in [1.54, 1.807) is 14.2 Å². The molecule has 0 saturated carbocycles. The summed E-state index contributed by atoms with van der Waals surface area (Å²) in [6.45, 7) is 8.05. The Labute approximate surface area is 244 Å². The van der Waals surface area contributed by atoms with Crippen LogP contribution in [-0.2, 0) is 25.6 Å². The Morgan fingerprint density at radius 3 is 2.59 bits per heavy atom. The molecule has 2 unspecified atom stereocenters. The van der Waals surface area contributed by atoms with Crippen molar-refractivity contribution in [3.63, 3.8) is 0 Å². The molecule has 3 heterocycles. The summed E-state index contributed by atoms with van der Waals surface area (Å²) in [5.41, 5.74) is 3.32. The molecule has 9 heteroatoms. The van der Waals surface area contributed by atoms with Gasteiger partial charge in [0, 0.05) is 51.9 Å². The van der Waals surface area contributed by atoms with Crippen LogP contribution in [-0.4, -0.2) is 95.8 Å². The van der Waals surface area contributed by atoms with Crippen LogP contribution in [0.15, 0.2) is 42.5 Å². The molecule has 9 nitrogen and oxygen atoms in total. The molecule has 4 atom stereocenters. The van der Waals surface area contributed by atoms with E-state index < -0.39 is 0 Å². The molecule has 2 saturated heterocycles. The third kappa shape index (κ3) is 7.33. The van der Waals surface area contributed by atoms with Crippen molar-refractivity contribution in [3.8, 4) is 11.5 Å². The molecule has 3 aliphatic rings. The molecule has 2 aromatic carbocycles. The molecule has 0 radical (unpaired) electrons. The minimum Gasteiger partial charge on any atom is -0.497 e. The van der Waals surface area contributed by atoms with E-state index in [-0.39, 0.29) is 36.7 Å². The van der Waals surface area contributed by atoms with Crippen LogP contribution in [0.4, 0.5) is 5.69 Å². The van der Waals surface area contributed by atoms with E-state index in [9.17, 15) is 4.79 Å². The number of hydrogen-bond acceptors (Lipinski definition) is 8. The predicted octanol–water partition coefficient (Wildman–Crippen LogP) is 3.60. The lowest BCUT2D eigenvalue weighted by molar-refractivity contribution is -0.141. The second-order valence-electron chi connectivity index (χ2n) is 11.2. The van der Waals surface area contributed by atoms with Crippen molar-refractivity contribution in [2.45, 2.75) is 57.0 Å². The molecule has 0 spiro atoms. The minimum absolute atomic E-state index is 0.0301. The van der Waals surface area contributed by atoms with Crippen molar-refractivity contribution in [2.24, 2.45) is 0 Å². The lowest BCUT2D eigenvalue weighted by Crippen LogP contribution is -2.51. The number of carbonyl (C=O) groups excluding carboxylic acids is 1. The first-order valence-corrected chi connectivity index (χ1v) is 14.9. The molecule has 0 bridgehead atoms. The van der Waals surface area contributed by atoms with Gasteiger partial charge in [-0.05, 0) is 61.6 Å². The number of nitrogens with zero attached hydrogens (tertiary/aromatic N) is 2. The van der Waals surface area contributed by atoms with Crippen molar-refractivity contribution >= 4 is 11.6 Å². The van der Waals surface area contributed by atoms with Crippen LogP contribution in [0.25, 0.3) is 0 Å². The van der Waals surface area contributed by atoms with E-state index in [0.717, 1.165) is 73.8 Å². The van der Waals surface area contributed by atoms with Crippen LogP contribution in [0.1, 0.15) is 43.2 Å². The predicted molar refractivity (Wildman–Crippen MR) is 158 cm³/mol. The molecule has 3 aliphatic heterocycles. The van der Waals surface area contributed by atoms with Gasteiger partial charge in [-0.3, -0.25) is 4.79 Å². The largest absolute Gasteiger partial charge is 0.497 e. The van der Waals surface area contributed by atoms with Crippen molar-refractivity contribution in [1.29, 1.82) is 0 Å². The second-order valence-corrected chi connectivity index (χ2v) is 11.2. The number of amides is 1. The van der Waals surface area contributed by atoms with Crippen LogP contribution >= 0.6 is 0 Å². The fourth-order valence-electron chi connectivity index (χ4n) is 6.25. The Hall–Kier alpha value is -2.85. The van der Waals surface area contributed by atoms with Gasteiger partial charge in [0.2, 0.25) is 5.91 Å². The summed E-state index contributed by atoms with van der Waals surface area (Å²) in [7, 11) is 3.41. The standard InChI is InChI=1S/C32H45N3O6/c1-23-6-4-14-35(23)31(36)22-41-30-20-33-19-29(32(30)25-8-10-26(38-3)11-9-25)40-21-24-7-12-28-27(18-24)34(15-17-39-28)13-5-16-37-2/h7-12,18,23,29-30,32-33H,4-6,13-17,19-22H2,1-3H3/t23-,29+,30?,32?/m1/s1. The summed E-state index contributed by atoms with van der Waals surface area (Å²) in [6, 6.07) is 14.7. The van der Waals surface area contributed by atoms with Gasteiger partial charge in [0.15, 0.2) is 0 Å². The quantitative estimate of drug-likeness (QED) is 0.390. The molecule has 41 heavy (non-hydrogen) atoms. The Morgan fingerprint density at radius 1 is 1.05 bits per heavy atom. The number of methoxy groups -OCH3 is 2. The Kier molecular flexibility index (Phi) is 10.4. The van der Waals surface area contributed by atoms with Crippen molar-refractivity contribution in [2.75, 3.05) is 71.7 Å². The first-order chi connectivity index (χ1) is 20.1. The lowest BCUT2D eigenvalue weighted by atomic mass is 9.85. The molecular weight excluding hydrogens is 522 g/mol. The third-order valence-electron chi connectivity index (χ3n) is 8.51. The van der Waals surface area contributed by atoms with E-state index in [2.05, 4.69) is 41.4 Å². The Morgan fingerprint density at radius 2 is 1.85 bits per heavy atom. The normalized spacial score (nSPS) is 24.2. The molecular formula is C32H45N3O6. The number of carbonyl (C=O) groups is 1. The summed E-state index contributed by atoms with van der Waals surface area (Å²) in [4.78, 5) is 17.3. The summed E-state index contributed by atoms with van der Waals surface area (Å²) < 4.78 is 29.6. The fourth-order valence-corrected chi connectivity index (χ4v) is 6.25. The van der Waals surface area contributed by atoms with Gasteiger partial charge >= 0.3 is 0 Å². The highest BCUT2D eigenvalue weighted by atomic mass is 16.5. The highest BCUT2D eigenvalue weighted by molar-refractivity contribution is 5.78. The van der Waals surface area contributed by atoms with Crippen molar-refractivity contribution < 1.29 is 28.5 Å². The van der Waals surface area contributed by atoms with E-state index in [0.29, 0.717) is 26.3 Å². The van der Waals surface area contributed by atoms with Crippen LogP contribution in [0.2, 0.25) is 0 Å².